The molecule has 1 amide bonds. The van der Waals surface area contributed by atoms with Crippen LogP contribution in [0.5, 0.6) is 0 Å². The summed E-state index contributed by atoms with van der Waals surface area (Å²) in [6, 6.07) is 4.08. The number of fused-ring (bicyclic) bond motifs is 1. The number of hydrogen-bond acceptors (Lipinski definition) is 4. The molecule has 2 aliphatic rings. The number of thioether (sulfide) groups is 1. The highest BCUT2D eigenvalue weighted by Gasteiger charge is 2.32. The van der Waals surface area contributed by atoms with E-state index in [1.165, 1.54) is 18.2 Å². The summed E-state index contributed by atoms with van der Waals surface area (Å²) >= 11 is 1.48. The molecule has 2 N–H and O–H groups in total. The molecule has 1 aliphatic heterocycles. The second-order valence-electron chi connectivity index (χ2n) is 6.39. The van der Waals surface area contributed by atoms with E-state index in [0.717, 1.165) is 31.2 Å². The van der Waals surface area contributed by atoms with Crippen molar-refractivity contribution in [1.82, 2.24) is 14.8 Å². The van der Waals surface area contributed by atoms with Crippen LogP contribution in [0.3, 0.4) is 0 Å². The number of rotatable bonds is 2. The fraction of sp³-hybridized carbons (Fsp3) is 0.471. The monoisotopic (exact) mass is 344 g/mol. The van der Waals surface area contributed by atoms with E-state index < -0.39 is 0 Å². The quantitative estimate of drug-likeness (QED) is 0.878. The molecule has 2 aromatic heterocycles. The highest BCUT2D eigenvalue weighted by molar-refractivity contribution is 8.00. The minimum atomic E-state index is -0.179. The molecule has 1 fully saturated rings. The average molecular weight is 344 g/mol. The lowest BCUT2D eigenvalue weighted by atomic mass is 9.95. The highest BCUT2D eigenvalue weighted by Crippen LogP contribution is 2.41. The Labute approximate surface area is 144 Å². The van der Waals surface area contributed by atoms with Crippen LogP contribution in [0.2, 0.25) is 0 Å². The first-order chi connectivity index (χ1) is 11.7. The average Bonchev–Trinajstić information content (AvgIpc) is 2.83. The van der Waals surface area contributed by atoms with Crippen LogP contribution in [0.25, 0.3) is 0 Å². The minimum Gasteiger partial charge on any atom is -0.310 e. The summed E-state index contributed by atoms with van der Waals surface area (Å²) in [5.41, 5.74) is 1.48. The third kappa shape index (κ3) is 2.77. The molecule has 24 heavy (non-hydrogen) atoms. The normalized spacial score (nSPS) is 21.8. The number of anilines is 1. The number of amides is 1. The molecule has 0 bridgehead atoms. The van der Waals surface area contributed by atoms with Crippen LogP contribution >= 0.6 is 11.8 Å². The van der Waals surface area contributed by atoms with E-state index in [0.29, 0.717) is 17.1 Å². The Bertz CT molecular complexity index is 793. The van der Waals surface area contributed by atoms with Crippen LogP contribution in [0.15, 0.2) is 29.3 Å². The predicted molar refractivity (Wildman–Crippen MR) is 94.3 cm³/mol. The van der Waals surface area contributed by atoms with Crippen molar-refractivity contribution >= 4 is 23.5 Å². The molecule has 0 saturated heterocycles. The van der Waals surface area contributed by atoms with E-state index in [2.05, 4.69) is 15.4 Å². The zero-order valence-corrected chi connectivity index (χ0v) is 14.1. The Hall–Kier alpha value is -2.02. The second-order valence-corrected chi connectivity index (χ2v) is 7.48. The van der Waals surface area contributed by atoms with Crippen molar-refractivity contribution in [3.05, 3.63) is 46.0 Å². The summed E-state index contributed by atoms with van der Waals surface area (Å²) in [5.74, 6) is 0.921. The topological polar surface area (TPSA) is 79.8 Å². The molecule has 1 aliphatic carbocycles. The van der Waals surface area contributed by atoms with E-state index >= 15 is 0 Å². The Kier molecular flexibility index (Phi) is 4.18. The number of carbonyl (C=O) groups excluding carboxylic acids is 1. The van der Waals surface area contributed by atoms with Crippen molar-refractivity contribution in [2.45, 2.75) is 43.4 Å². The first-order valence-electron chi connectivity index (χ1n) is 8.40. The maximum atomic E-state index is 12.7. The van der Waals surface area contributed by atoms with Gasteiger partial charge in [0.25, 0.3) is 5.56 Å². The minimum absolute atomic E-state index is 0.0591. The molecule has 7 heteroatoms. The van der Waals surface area contributed by atoms with Gasteiger partial charge in [-0.05, 0) is 24.5 Å². The molecule has 1 saturated carbocycles. The largest absolute Gasteiger partial charge is 0.310 e. The molecular formula is C17H20N4O2S. The fourth-order valence-corrected chi connectivity index (χ4v) is 4.76. The number of nitrogens with one attached hydrogen (secondary N) is 2. The van der Waals surface area contributed by atoms with Crippen molar-refractivity contribution in [2.75, 3.05) is 11.1 Å². The zero-order valence-electron chi connectivity index (χ0n) is 13.3. The van der Waals surface area contributed by atoms with Crippen molar-refractivity contribution in [3.8, 4) is 0 Å². The third-order valence-electron chi connectivity index (χ3n) is 4.79. The molecular weight excluding hydrogens is 324 g/mol. The van der Waals surface area contributed by atoms with Gasteiger partial charge in [0.2, 0.25) is 5.91 Å². The van der Waals surface area contributed by atoms with Crippen LogP contribution in [0.4, 0.5) is 5.82 Å². The molecule has 2 aromatic rings. The molecule has 0 spiro atoms. The highest BCUT2D eigenvalue weighted by atomic mass is 32.2. The van der Waals surface area contributed by atoms with Gasteiger partial charge in [0.05, 0.1) is 22.6 Å². The molecule has 4 rings (SSSR count). The number of hydrogen-bond donors (Lipinski definition) is 2. The number of H-pyrrole nitrogens is 1. The zero-order chi connectivity index (χ0) is 16.5. The molecule has 0 unspecified atom stereocenters. The third-order valence-corrected chi connectivity index (χ3v) is 6.06. The summed E-state index contributed by atoms with van der Waals surface area (Å²) in [6.45, 7) is 0. The van der Waals surface area contributed by atoms with Gasteiger partial charge < -0.3 is 5.32 Å². The molecule has 3 heterocycles. The van der Waals surface area contributed by atoms with E-state index in [1.807, 2.05) is 16.8 Å². The first kappa shape index (κ1) is 15.5. The van der Waals surface area contributed by atoms with Crippen molar-refractivity contribution in [2.24, 2.45) is 0 Å². The number of nitrogens with zero attached hydrogens (tertiary/aromatic N) is 2. The molecule has 0 radical (unpaired) electrons. The van der Waals surface area contributed by atoms with Crippen molar-refractivity contribution < 1.29 is 4.79 Å². The van der Waals surface area contributed by atoms with Gasteiger partial charge in [-0.3, -0.25) is 24.4 Å². The van der Waals surface area contributed by atoms with E-state index in [1.54, 1.807) is 12.4 Å². The first-order valence-corrected chi connectivity index (χ1v) is 9.44. The molecule has 1 atom stereocenters. The van der Waals surface area contributed by atoms with Crippen molar-refractivity contribution in [3.63, 3.8) is 0 Å². The van der Waals surface area contributed by atoms with Crippen LogP contribution in [0.1, 0.15) is 54.5 Å². The maximum Gasteiger partial charge on any atom is 0.270 e. The van der Waals surface area contributed by atoms with Crippen molar-refractivity contribution in [1.29, 1.82) is 0 Å². The number of carbonyl (C=O) groups is 1. The summed E-state index contributed by atoms with van der Waals surface area (Å²) in [6.07, 6.45) is 9.13. The van der Waals surface area contributed by atoms with Gasteiger partial charge in [0.1, 0.15) is 5.82 Å². The van der Waals surface area contributed by atoms with E-state index in [9.17, 15) is 9.59 Å². The lowest BCUT2D eigenvalue weighted by Gasteiger charge is -2.24. The van der Waals surface area contributed by atoms with E-state index in [4.69, 9.17) is 0 Å². The van der Waals surface area contributed by atoms with Crippen LogP contribution in [-0.2, 0) is 4.79 Å². The molecule has 0 aromatic carbocycles. The Balaban J connectivity index is 1.82. The Morgan fingerprint density at radius 3 is 2.79 bits per heavy atom. The summed E-state index contributed by atoms with van der Waals surface area (Å²) in [5, 5.41) is 5.77. The van der Waals surface area contributed by atoms with Crippen LogP contribution < -0.4 is 10.9 Å². The lowest BCUT2D eigenvalue weighted by Crippen LogP contribution is -2.21. The van der Waals surface area contributed by atoms with E-state index in [-0.39, 0.29) is 22.8 Å². The summed E-state index contributed by atoms with van der Waals surface area (Å²) in [4.78, 5) is 29.1. The summed E-state index contributed by atoms with van der Waals surface area (Å²) < 4.78 is 1.91. The van der Waals surface area contributed by atoms with Gasteiger partial charge in [-0.1, -0.05) is 25.3 Å². The lowest BCUT2D eigenvalue weighted by molar-refractivity contribution is -0.113. The van der Waals surface area contributed by atoms with Gasteiger partial charge in [0.15, 0.2) is 0 Å². The summed E-state index contributed by atoms with van der Waals surface area (Å²) in [7, 11) is 0. The Morgan fingerprint density at radius 2 is 2.04 bits per heavy atom. The van der Waals surface area contributed by atoms with Gasteiger partial charge in [-0.2, -0.15) is 0 Å². The fourth-order valence-electron chi connectivity index (χ4n) is 3.65. The Morgan fingerprint density at radius 1 is 1.21 bits per heavy atom. The van der Waals surface area contributed by atoms with Gasteiger partial charge >= 0.3 is 0 Å². The number of pyridine rings is 1. The molecule has 6 nitrogen and oxygen atoms in total. The van der Waals surface area contributed by atoms with Gasteiger partial charge in [0, 0.05) is 12.4 Å². The standard InChI is InChI=1S/C17H20N4O2S/c22-13-10-24-15(11-5-4-8-18-9-11)14-16(19-13)21(20-17(14)23)12-6-2-1-3-7-12/h4-5,8-9,12,15H,1-3,6-7,10H2,(H,19,22)(H,20,23)/t15-/m1/s1. The van der Waals surface area contributed by atoms with Gasteiger partial charge in [-0.15, -0.1) is 11.8 Å². The number of aromatic amines is 1. The SMILES string of the molecule is O=C1CS[C@H](c2cccnc2)c2c(n(C3CCCCC3)[nH]c2=O)N1. The molecule has 126 valence electrons. The number of aromatic nitrogens is 3. The predicted octanol–water partition coefficient (Wildman–Crippen LogP) is 2.85. The van der Waals surface area contributed by atoms with Crippen LogP contribution in [0, 0.1) is 0 Å². The van der Waals surface area contributed by atoms with Gasteiger partial charge in [-0.25, -0.2) is 0 Å². The maximum absolute atomic E-state index is 12.7. The smallest absolute Gasteiger partial charge is 0.270 e. The van der Waals surface area contributed by atoms with Crippen LogP contribution in [-0.4, -0.2) is 26.4 Å². The second kappa shape index (κ2) is 6.47.